The van der Waals surface area contributed by atoms with Gasteiger partial charge in [-0.05, 0) is 25.3 Å². The van der Waals surface area contributed by atoms with E-state index in [-0.39, 0.29) is 18.1 Å². The summed E-state index contributed by atoms with van der Waals surface area (Å²) in [5.41, 5.74) is 1.65. The van der Waals surface area contributed by atoms with Crippen LogP contribution in [0.5, 0.6) is 0 Å². The van der Waals surface area contributed by atoms with Crippen LogP contribution in [0.15, 0.2) is 42.9 Å². The summed E-state index contributed by atoms with van der Waals surface area (Å²) in [4.78, 5) is 16.7. The van der Waals surface area contributed by atoms with Gasteiger partial charge in [-0.2, -0.15) is 0 Å². The molecule has 0 spiro atoms. The number of esters is 1. The summed E-state index contributed by atoms with van der Waals surface area (Å²) in [5, 5.41) is 0. The number of hydrogen-bond acceptors (Lipinski definition) is 3. The summed E-state index contributed by atoms with van der Waals surface area (Å²) >= 11 is 0. The fraction of sp³-hybridized carbons (Fsp3) is 0.474. The molecule has 0 saturated carbocycles. The Labute approximate surface area is 138 Å². The van der Waals surface area contributed by atoms with Crippen LogP contribution in [0.3, 0.4) is 0 Å². The van der Waals surface area contributed by atoms with Crippen molar-refractivity contribution in [2.45, 2.75) is 58.6 Å². The van der Waals surface area contributed by atoms with E-state index in [0.717, 1.165) is 31.2 Å². The second kappa shape index (κ2) is 8.51. The maximum Gasteiger partial charge on any atom is 0.356 e. The lowest BCUT2D eigenvalue weighted by atomic mass is 10.1. The van der Waals surface area contributed by atoms with E-state index in [1.807, 2.05) is 22.8 Å². The average Bonchev–Trinajstić information content (AvgIpc) is 3.05. The van der Waals surface area contributed by atoms with E-state index in [1.54, 1.807) is 12.5 Å². The number of rotatable bonds is 8. The van der Waals surface area contributed by atoms with Crippen LogP contribution in [0.1, 0.15) is 68.5 Å². The van der Waals surface area contributed by atoms with Crippen molar-refractivity contribution in [1.29, 1.82) is 0 Å². The maximum atomic E-state index is 12.5. The minimum atomic E-state index is -0.280. The summed E-state index contributed by atoms with van der Waals surface area (Å²) < 4.78 is 7.58. The second-order valence-electron chi connectivity index (χ2n) is 5.88. The van der Waals surface area contributed by atoms with Crippen LogP contribution in [0.25, 0.3) is 0 Å². The number of ether oxygens (including phenoxy) is 1. The molecule has 1 aromatic carbocycles. The van der Waals surface area contributed by atoms with Crippen molar-refractivity contribution in [2.24, 2.45) is 0 Å². The third-order valence-electron chi connectivity index (χ3n) is 4.07. The molecule has 2 aromatic rings. The Morgan fingerprint density at radius 3 is 2.43 bits per heavy atom. The van der Waals surface area contributed by atoms with Gasteiger partial charge < -0.3 is 9.30 Å². The molecule has 4 nitrogen and oxygen atoms in total. The minimum Gasteiger partial charge on any atom is -0.458 e. The molecule has 0 amide bonds. The normalized spacial score (nSPS) is 12.3. The van der Waals surface area contributed by atoms with Crippen molar-refractivity contribution >= 4 is 5.97 Å². The summed E-state index contributed by atoms with van der Waals surface area (Å²) in [6.45, 7) is 6.28. The lowest BCUT2D eigenvalue weighted by Gasteiger charge is -2.19. The monoisotopic (exact) mass is 314 g/mol. The van der Waals surface area contributed by atoms with E-state index in [2.05, 4.69) is 37.9 Å². The van der Waals surface area contributed by atoms with E-state index >= 15 is 0 Å². The molecule has 1 unspecified atom stereocenters. The first-order valence-corrected chi connectivity index (χ1v) is 8.45. The van der Waals surface area contributed by atoms with Crippen molar-refractivity contribution in [3.8, 4) is 0 Å². The molecule has 0 aliphatic carbocycles. The highest BCUT2D eigenvalue weighted by Gasteiger charge is 2.21. The zero-order valence-corrected chi connectivity index (χ0v) is 14.2. The average molecular weight is 314 g/mol. The zero-order chi connectivity index (χ0) is 16.7. The van der Waals surface area contributed by atoms with Crippen molar-refractivity contribution in [3.05, 3.63) is 54.1 Å². The topological polar surface area (TPSA) is 44.1 Å². The first-order valence-electron chi connectivity index (χ1n) is 8.45. The molecule has 0 aliphatic heterocycles. The number of carbonyl (C=O) groups excluding carboxylic acids is 1. The quantitative estimate of drug-likeness (QED) is 0.668. The van der Waals surface area contributed by atoms with Gasteiger partial charge in [0.15, 0.2) is 0 Å². The Bertz CT molecular complexity index is 601. The number of aromatic nitrogens is 2. The van der Waals surface area contributed by atoms with E-state index < -0.39 is 0 Å². The second-order valence-corrected chi connectivity index (χ2v) is 5.88. The largest absolute Gasteiger partial charge is 0.458 e. The Hall–Kier alpha value is -2.10. The molecule has 0 bridgehead atoms. The van der Waals surface area contributed by atoms with Gasteiger partial charge in [0.2, 0.25) is 0 Å². The van der Waals surface area contributed by atoms with Crippen molar-refractivity contribution < 1.29 is 9.53 Å². The van der Waals surface area contributed by atoms with Crippen LogP contribution in [-0.2, 0) is 4.74 Å². The van der Waals surface area contributed by atoms with Gasteiger partial charge in [-0.25, -0.2) is 9.78 Å². The van der Waals surface area contributed by atoms with Crippen molar-refractivity contribution in [3.63, 3.8) is 0 Å². The van der Waals surface area contributed by atoms with Gasteiger partial charge in [0.25, 0.3) is 0 Å². The zero-order valence-electron chi connectivity index (χ0n) is 14.2. The van der Waals surface area contributed by atoms with Gasteiger partial charge in [0.1, 0.15) is 11.8 Å². The Morgan fingerprint density at radius 2 is 1.83 bits per heavy atom. The summed E-state index contributed by atoms with van der Waals surface area (Å²) in [6.07, 6.45) is 7.12. The number of imidazole rings is 1. The molecule has 1 atom stereocenters. The molecule has 1 aromatic heterocycles. The fourth-order valence-corrected chi connectivity index (χ4v) is 2.78. The van der Waals surface area contributed by atoms with E-state index in [4.69, 9.17) is 4.74 Å². The summed E-state index contributed by atoms with van der Waals surface area (Å²) in [5.74, 6) is -0.280. The van der Waals surface area contributed by atoms with Gasteiger partial charge in [0.05, 0.1) is 18.6 Å². The standard InChI is InChI=1S/C19H26N2O2/c1-4-9-17(10-5-2)23-19(22)18-13-20-14-21(18)15(3)16-11-7-6-8-12-16/h6-8,11-15,17H,4-5,9-10H2,1-3H3. The molecule has 1 heterocycles. The molecule has 23 heavy (non-hydrogen) atoms. The van der Waals surface area contributed by atoms with Crippen LogP contribution in [0.2, 0.25) is 0 Å². The smallest absolute Gasteiger partial charge is 0.356 e. The summed E-state index contributed by atoms with van der Waals surface area (Å²) in [7, 11) is 0. The number of benzene rings is 1. The highest BCUT2D eigenvalue weighted by Crippen LogP contribution is 2.21. The predicted molar refractivity (Wildman–Crippen MR) is 91.5 cm³/mol. The first-order chi connectivity index (χ1) is 11.2. The molecule has 0 N–H and O–H groups in total. The Morgan fingerprint density at radius 1 is 1.17 bits per heavy atom. The molecule has 124 valence electrons. The van der Waals surface area contributed by atoms with Crippen LogP contribution in [-0.4, -0.2) is 21.6 Å². The van der Waals surface area contributed by atoms with E-state index in [1.165, 1.54) is 0 Å². The molecule has 0 fully saturated rings. The lowest BCUT2D eigenvalue weighted by molar-refractivity contribution is 0.0245. The number of nitrogens with zero attached hydrogens (tertiary/aromatic N) is 2. The molecule has 2 rings (SSSR count). The van der Waals surface area contributed by atoms with Gasteiger partial charge in [-0.15, -0.1) is 0 Å². The van der Waals surface area contributed by atoms with Crippen LogP contribution in [0, 0.1) is 0 Å². The van der Waals surface area contributed by atoms with Gasteiger partial charge in [0, 0.05) is 0 Å². The Balaban J connectivity index is 2.15. The maximum absolute atomic E-state index is 12.5. The molecule has 0 radical (unpaired) electrons. The van der Waals surface area contributed by atoms with Crippen LogP contribution < -0.4 is 0 Å². The third-order valence-corrected chi connectivity index (χ3v) is 4.07. The fourth-order valence-electron chi connectivity index (χ4n) is 2.78. The molecule has 0 saturated heterocycles. The molecular weight excluding hydrogens is 288 g/mol. The molecule has 4 heteroatoms. The predicted octanol–water partition coefficient (Wildman–Crippen LogP) is 4.62. The highest BCUT2D eigenvalue weighted by atomic mass is 16.5. The highest BCUT2D eigenvalue weighted by molar-refractivity contribution is 5.87. The van der Waals surface area contributed by atoms with Gasteiger partial charge >= 0.3 is 5.97 Å². The van der Waals surface area contributed by atoms with Crippen LogP contribution >= 0.6 is 0 Å². The minimum absolute atomic E-state index is 0.00659. The SMILES string of the molecule is CCCC(CCC)OC(=O)c1cncn1C(C)c1ccccc1. The number of carbonyl (C=O) groups is 1. The van der Waals surface area contributed by atoms with Crippen molar-refractivity contribution in [1.82, 2.24) is 9.55 Å². The van der Waals surface area contributed by atoms with Gasteiger partial charge in [-0.1, -0.05) is 57.0 Å². The van der Waals surface area contributed by atoms with Crippen LogP contribution in [0.4, 0.5) is 0 Å². The lowest BCUT2D eigenvalue weighted by Crippen LogP contribution is -2.21. The molecule has 0 aliphatic rings. The Kier molecular flexibility index (Phi) is 6.39. The number of hydrogen-bond donors (Lipinski definition) is 0. The summed E-state index contributed by atoms with van der Waals surface area (Å²) in [6, 6.07) is 10.1. The third kappa shape index (κ3) is 4.44. The first kappa shape index (κ1) is 17.3. The molecular formula is C19H26N2O2. The van der Waals surface area contributed by atoms with Crippen molar-refractivity contribution in [2.75, 3.05) is 0 Å². The van der Waals surface area contributed by atoms with Gasteiger partial charge in [-0.3, -0.25) is 0 Å². The van der Waals surface area contributed by atoms with E-state index in [0.29, 0.717) is 5.69 Å². The van der Waals surface area contributed by atoms with E-state index in [9.17, 15) is 4.79 Å².